The molecule has 0 bridgehead atoms. The molecule has 0 saturated carbocycles. The smallest absolute Gasteiger partial charge is 0.0715 e. The Bertz CT molecular complexity index is 297. The van der Waals surface area contributed by atoms with Crippen LogP contribution in [0.4, 0.5) is 5.69 Å². The van der Waals surface area contributed by atoms with Crippen molar-refractivity contribution < 1.29 is 5.11 Å². The van der Waals surface area contributed by atoms with Gasteiger partial charge in [0.1, 0.15) is 0 Å². The van der Waals surface area contributed by atoms with E-state index in [1.807, 2.05) is 19.2 Å². The van der Waals surface area contributed by atoms with Gasteiger partial charge in [0.05, 0.1) is 18.0 Å². The number of aliphatic hydroxyl groups is 1. The van der Waals surface area contributed by atoms with Gasteiger partial charge in [-0.15, -0.1) is 0 Å². The number of nitrogens with zero attached hydrogens (tertiary/aromatic N) is 2. The number of piperidine rings is 1. The van der Waals surface area contributed by atoms with E-state index in [-0.39, 0.29) is 6.10 Å². The largest absolute Gasteiger partial charge is 0.391 e. The predicted molar refractivity (Wildman–Crippen MR) is 56.4 cm³/mol. The second-order valence-corrected chi connectivity index (χ2v) is 3.90. The highest BCUT2D eigenvalue weighted by Crippen LogP contribution is 2.18. The molecule has 3 heteroatoms. The summed E-state index contributed by atoms with van der Waals surface area (Å²) in [6.45, 7) is 3.75. The molecule has 0 spiro atoms. The standard InChI is InChI=1S/C11H16N2O/c1-9-4-5-10(7-12-9)13-6-2-3-11(14)8-13/h4-5,7,11,14H,2-3,6,8H2,1H3/t11-/m0/s1. The normalized spacial score (nSPS) is 22.4. The van der Waals surface area contributed by atoms with Crippen LogP contribution in [0.25, 0.3) is 0 Å². The zero-order valence-corrected chi connectivity index (χ0v) is 8.48. The summed E-state index contributed by atoms with van der Waals surface area (Å²) in [5.41, 5.74) is 2.15. The van der Waals surface area contributed by atoms with Gasteiger partial charge in [0.15, 0.2) is 0 Å². The highest BCUT2D eigenvalue weighted by molar-refractivity contribution is 5.44. The van der Waals surface area contributed by atoms with Crippen LogP contribution in [0.3, 0.4) is 0 Å². The molecule has 1 saturated heterocycles. The fourth-order valence-electron chi connectivity index (χ4n) is 1.84. The number of hydrogen-bond donors (Lipinski definition) is 1. The van der Waals surface area contributed by atoms with Crippen molar-refractivity contribution in [2.24, 2.45) is 0 Å². The fourth-order valence-corrected chi connectivity index (χ4v) is 1.84. The van der Waals surface area contributed by atoms with E-state index in [1.54, 1.807) is 0 Å². The molecule has 1 aromatic heterocycles. The van der Waals surface area contributed by atoms with E-state index in [1.165, 1.54) is 0 Å². The molecule has 76 valence electrons. The SMILES string of the molecule is Cc1ccc(N2CCC[C@H](O)C2)cn1. The third kappa shape index (κ3) is 2.04. The first-order valence-corrected chi connectivity index (χ1v) is 5.11. The van der Waals surface area contributed by atoms with Crippen LogP contribution < -0.4 is 4.90 Å². The van der Waals surface area contributed by atoms with Crippen LogP contribution in [0.1, 0.15) is 18.5 Å². The molecule has 2 heterocycles. The minimum Gasteiger partial charge on any atom is -0.391 e. The Balaban J connectivity index is 2.10. The first-order chi connectivity index (χ1) is 6.75. The van der Waals surface area contributed by atoms with E-state index in [2.05, 4.69) is 16.0 Å². The van der Waals surface area contributed by atoms with E-state index in [0.29, 0.717) is 0 Å². The Labute approximate surface area is 84.4 Å². The summed E-state index contributed by atoms with van der Waals surface area (Å²) in [4.78, 5) is 6.45. The summed E-state index contributed by atoms with van der Waals surface area (Å²) < 4.78 is 0. The van der Waals surface area contributed by atoms with Crippen LogP contribution in [0.2, 0.25) is 0 Å². The van der Waals surface area contributed by atoms with E-state index in [9.17, 15) is 5.11 Å². The summed E-state index contributed by atoms with van der Waals surface area (Å²) in [5.74, 6) is 0. The van der Waals surface area contributed by atoms with Gasteiger partial charge in [-0.1, -0.05) is 0 Å². The van der Waals surface area contributed by atoms with Gasteiger partial charge in [-0.3, -0.25) is 4.98 Å². The highest BCUT2D eigenvalue weighted by atomic mass is 16.3. The highest BCUT2D eigenvalue weighted by Gasteiger charge is 2.17. The molecule has 1 aliphatic heterocycles. The number of rotatable bonds is 1. The van der Waals surface area contributed by atoms with Crippen LogP contribution in [0.15, 0.2) is 18.3 Å². The average Bonchev–Trinajstić information content (AvgIpc) is 2.19. The Morgan fingerprint density at radius 3 is 3.00 bits per heavy atom. The second kappa shape index (κ2) is 3.96. The zero-order chi connectivity index (χ0) is 9.97. The number of aliphatic hydroxyl groups excluding tert-OH is 1. The van der Waals surface area contributed by atoms with Crippen LogP contribution >= 0.6 is 0 Å². The first-order valence-electron chi connectivity index (χ1n) is 5.11. The van der Waals surface area contributed by atoms with Crippen molar-refractivity contribution >= 4 is 5.69 Å². The maximum Gasteiger partial charge on any atom is 0.0715 e. The average molecular weight is 192 g/mol. The maximum absolute atomic E-state index is 9.53. The molecule has 1 atom stereocenters. The van der Waals surface area contributed by atoms with Gasteiger partial charge in [-0.2, -0.15) is 0 Å². The Kier molecular flexibility index (Phi) is 2.68. The molecule has 1 N–H and O–H groups in total. The Hall–Kier alpha value is -1.09. The lowest BCUT2D eigenvalue weighted by atomic mass is 10.1. The van der Waals surface area contributed by atoms with Gasteiger partial charge in [-0.05, 0) is 31.9 Å². The number of pyridine rings is 1. The number of aromatic nitrogens is 1. The quantitative estimate of drug-likeness (QED) is 0.729. The molecule has 3 nitrogen and oxygen atoms in total. The molecular weight excluding hydrogens is 176 g/mol. The number of aryl methyl sites for hydroxylation is 1. The van der Waals surface area contributed by atoms with E-state index >= 15 is 0 Å². The van der Waals surface area contributed by atoms with Crippen molar-refractivity contribution in [3.63, 3.8) is 0 Å². The second-order valence-electron chi connectivity index (χ2n) is 3.90. The number of β-amino-alcohol motifs (C(OH)–C–C–N with tert-alkyl or cyclic N) is 1. The molecule has 0 amide bonds. The lowest BCUT2D eigenvalue weighted by molar-refractivity contribution is 0.154. The van der Waals surface area contributed by atoms with Gasteiger partial charge in [0, 0.05) is 18.8 Å². The van der Waals surface area contributed by atoms with Crippen LogP contribution in [-0.2, 0) is 0 Å². The Morgan fingerprint density at radius 2 is 2.36 bits per heavy atom. The monoisotopic (exact) mass is 192 g/mol. The van der Waals surface area contributed by atoms with Crippen LogP contribution in [-0.4, -0.2) is 29.3 Å². The molecule has 0 aliphatic carbocycles. The zero-order valence-electron chi connectivity index (χ0n) is 8.48. The summed E-state index contributed by atoms with van der Waals surface area (Å²) >= 11 is 0. The van der Waals surface area contributed by atoms with Crippen LogP contribution in [0, 0.1) is 6.92 Å². The van der Waals surface area contributed by atoms with Crippen molar-refractivity contribution in [2.45, 2.75) is 25.9 Å². The van der Waals surface area contributed by atoms with Crippen molar-refractivity contribution in [1.29, 1.82) is 0 Å². The lowest BCUT2D eigenvalue weighted by Gasteiger charge is -2.31. The maximum atomic E-state index is 9.53. The molecule has 0 aromatic carbocycles. The summed E-state index contributed by atoms with van der Waals surface area (Å²) in [7, 11) is 0. The summed E-state index contributed by atoms with van der Waals surface area (Å²) in [6.07, 6.45) is 3.70. The fraction of sp³-hybridized carbons (Fsp3) is 0.545. The van der Waals surface area contributed by atoms with Gasteiger partial charge in [-0.25, -0.2) is 0 Å². The number of hydrogen-bond acceptors (Lipinski definition) is 3. The van der Waals surface area contributed by atoms with Gasteiger partial charge >= 0.3 is 0 Å². The minimum absolute atomic E-state index is 0.176. The molecule has 1 aromatic rings. The molecule has 0 radical (unpaired) electrons. The summed E-state index contributed by atoms with van der Waals surface area (Å²) in [6, 6.07) is 4.08. The topological polar surface area (TPSA) is 36.4 Å². The van der Waals surface area contributed by atoms with Crippen molar-refractivity contribution in [1.82, 2.24) is 4.98 Å². The van der Waals surface area contributed by atoms with Crippen LogP contribution in [0.5, 0.6) is 0 Å². The predicted octanol–water partition coefficient (Wildman–Crippen LogP) is 1.35. The molecule has 1 aliphatic rings. The molecule has 0 unspecified atom stereocenters. The third-order valence-corrected chi connectivity index (χ3v) is 2.66. The van der Waals surface area contributed by atoms with Gasteiger partial charge < -0.3 is 10.0 Å². The third-order valence-electron chi connectivity index (χ3n) is 2.66. The van der Waals surface area contributed by atoms with Gasteiger partial charge in [0.2, 0.25) is 0 Å². The first kappa shape index (κ1) is 9.46. The molecule has 1 fully saturated rings. The van der Waals surface area contributed by atoms with E-state index in [0.717, 1.165) is 37.3 Å². The lowest BCUT2D eigenvalue weighted by Crippen LogP contribution is -2.38. The van der Waals surface area contributed by atoms with Gasteiger partial charge in [0.25, 0.3) is 0 Å². The molecule has 2 rings (SSSR count). The summed E-state index contributed by atoms with van der Waals surface area (Å²) in [5, 5.41) is 9.53. The molecular formula is C11H16N2O. The van der Waals surface area contributed by atoms with E-state index in [4.69, 9.17) is 0 Å². The van der Waals surface area contributed by atoms with Crippen molar-refractivity contribution in [3.05, 3.63) is 24.0 Å². The Morgan fingerprint density at radius 1 is 1.50 bits per heavy atom. The minimum atomic E-state index is -0.176. The van der Waals surface area contributed by atoms with E-state index < -0.39 is 0 Å². The van der Waals surface area contributed by atoms with Crippen molar-refractivity contribution in [3.8, 4) is 0 Å². The number of anilines is 1. The van der Waals surface area contributed by atoms with Crippen molar-refractivity contribution in [2.75, 3.05) is 18.0 Å². The molecule has 14 heavy (non-hydrogen) atoms.